The maximum absolute atomic E-state index is 14.8. The van der Waals surface area contributed by atoms with E-state index in [1.54, 1.807) is 19.2 Å². The number of ether oxygens (including phenoxy) is 1. The fourth-order valence-electron chi connectivity index (χ4n) is 2.93. The number of aromatic nitrogens is 5. The zero-order valence-electron chi connectivity index (χ0n) is 16.2. The molecular formula is C17H16FN6O6P. The maximum atomic E-state index is 14.8. The number of amides is 1. The van der Waals surface area contributed by atoms with Gasteiger partial charge in [-0.1, -0.05) is 6.07 Å². The van der Waals surface area contributed by atoms with Crippen LogP contribution in [-0.2, 0) is 25.4 Å². The molecule has 0 bridgehead atoms. The number of aryl methyl sites for hydroxylation is 1. The average Bonchev–Trinajstić information content (AvgIpc) is 3.33. The highest BCUT2D eigenvalue weighted by Gasteiger charge is 2.38. The van der Waals surface area contributed by atoms with Gasteiger partial charge in [0.25, 0.3) is 0 Å². The standard InChI is InChI=1S/C17H16FN6O6P/c1-23-16(20-21-22-23)14-6-3-10(8-19-14)12-5-4-11(7-13(12)18)24-9-15(29-17(24)25)30-31(26,27)28-2/h3-8,15H,9H2,1-2H3,(H,26,27)/t15-/m1/s1. The van der Waals surface area contributed by atoms with Crippen LogP contribution in [-0.4, -0.2) is 56.1 Å². The highest BCUT2D eigenvalue weighted by molar-refractivity contribution is 7.47. The summed E-state index contributed by atoms with van der Waals surface area (Å²) in [7, 11) is -1.69. The second-order valence-corrected chi connectivity index (χ2v) is 7.92. The van der Waals surface area contributed by atoms with E-state index in [4.69, 9.17) is 9.26 Å². The number of pyridine rings is 1. The van der Waals surface area contributed by atoms with Crippen LogP contribution in [0.25, 0.3) is 22.6 Å². The predicted octanol–water partition coefficient (Wildman–Crippen LogP) is 2.12. The van der Waals surface area contributed by atoms with Crippen LogP contribution < -0.4 is 4.90 Å². The summed E-state index contributed by atoms with van der Waals surface area (Å²) in [6.07, 6.45) is -0.700. The van der Waals surface area contributed by atoms with Gasteiger partial charge in [0.2, 0.25) is 6.29 Å². The Morgan fingerprint density at radius 1 is 1.32 bits per heavy atom. The normalized spacial score (nSPS) is 18.1. The minimum atomic E-state index is -4.35. The van der Waals surface area contributed by atoms with Crippen molar-refractivity contribution in [2.24, 2.45) is 7.05 Å². The largest absolute Gasteiger partial charge is 0.475 e. The first kappa shape index (κ1) is 21.0. The van der Waals surface area contributed by atoms with Crippen LogP contribution in [0.1, 0.15) is 0 Å². The lowest BCUT2D eigenvalue weighted by Crippen LogP contribution is -2.25. The van der Waals surface area contributed by atoms with Gasteiger partial charge in [0.05, 0.1) is 12.2 Å². The lowest BCUT2D eigenvalue weighted by atomic mass is 10.1. The third kappa shape index (κ3) is 4.30. The minimum absolute atomic E-state index is 0.192. The number of cyclic esters (lactones) is 1. The first-order valence-corrected chi connectivity index (χ1v) is 10.3. The first-order chi connectivity index (χ1) is 14.8. The van der Waals surface area contributed by atoms with Crippen LogP contribution in [0.3, 0.4) is 0 Å². The summed E-state index contributed by atoms with van der Waals surface area (Å²) in [4.78, 5) is 26.8. The van der Waals surface area contributed by atoms with E-state index in [0.29, 0.717) is 17.1 Å². The van der Waals surface area contributed by atoms with Crippen molar-refractivity contribution in [1.82, 2.24) is 25.2 Å². The van der Waals surface area contributed by atoms with E-state index in [0.717, 1.165) is 18.1 Å². The Labute approximate surface area is 174 Å². The molecule has 1 fully saturated rings. The molecule has 2 atom stereocenters. The fraction of sp³-hybridized carbons (Fsp3) is 0.235. The van der Waals surface area contributed by atoms with Crippen molar-refractivity contribution in [3.8, 4) is 22.6 Å². The van der Waals surface area contributed by atoms with Crippen LogP contribution in [0.4, 0.5) is 14.9 Å². The molecule has 4 rings (SSSR count). The van der Waals surface area contributed by atoms with E-state index < -0.39 is 26.0 Å². The summed E-state index contributed by atoms with van der Waals surface area (Å²) in [5.74, 6) is -0.137. The van der Waals surface area contributed by atoms with Gasteiger partial charge < -0.3 is 9.63 Å². The molecule has 1 aliphatic rings. The Kier molecular flexibility index (Phi) is 5.50. The summed E-state index contributed by atoms with van der Waals surface area (Å²) in [5, 5.41) is 11.2. The van der Waals surface area contributed by atoms with Gasteiger partial charge >= 0.3 is 13.9 Å². The molecule has 31 heavy (non-hydrogen) atoms. The summed E-state index contributed by atoms with van der Waals surface area (Å²) in [6.45, 7) is -0.215. The third-order valence-corrected chi connectivity index (χ3v) is 5.42. The van der Waals surface area contributed by atoms with Crippen LogP contribution in [0.5, 0.6) is 0 Å². The smallest absolute Gasteiger partial charge is 0.417 e. The van der Waals surface area contributed by atoms with Crippen LogP contribution in [0.15, 0.2) is 36.5 Å². The Bertz CT molecular complexity index is 1170. The number of hydrogen-bond acceptors (Lipinski definition) is 9. The Hall–Kier alpha value is -3.25. The number of carbonyl (C=O) groups excluding carboxylic acids is 1. The lowest BCUT2D eigenvalue weighted by molar-refractivity contribution is -0.0171. The highest BCUT2D eigenvalue weighted by Crippen LogP contribution is 2.44. The molecule has 0 radical (unpaired) electrons. The zero-order chi connectivity index (χ0) is 22.2. The Morgan fingerprint density at radius 3 is 2.74 bits per heavy atom. The number of tetrazole rings is 1. The number of hydrogen-bond donors (Lipinski definition) is 1. The van der Waals surface area contributed by atoms with Crippen molar-refractivity contribution in [3.63, 3.8) is 0 Å². The third-order valence-electron chi connectivity index (χ3n) is 4.45. The number of nitrogens with zero attached hydrogens (tertiary/aromatic N) is 6. The number of phosphoric ester groups is 1. The number of phosphoric acid groups is 1. The van der Waals surface area contributed by atoms with Gasteiger partial charge in [-0.15, -0.1) is 5.10 Å². The molecule has 1 unspecified atom stereocenters. The molecule has 3 aromatic rings. The van der Waals surface area contributed by atoms with Gasteiger partial charge in [-0.2, -0.15) is 0 Å². The molecule has 12 nitrogen and oxygen atoms in total. The van der Waals surface area contributed by atoms with Gasteiger partial charge in [-0.3, -0.25) is 14.4 Å². The van der Waals surface area contributed by atoms with Crippen molar-refractivity contribution in [1.29, 1.82) is 0 Å². The fourth-order valence-corrected chi connectivity index (χ4v) is 3.43. The molecular weight excluding hydrogens is 434 g/mol. The molecule has 0 aliphatic carbocycles. The summed E-state index contributed by atoms with van der Waals surface area (Å²) in [6, 6.07) is 7.48. The van der Waals surface area contributed by atoms with E-state index in [-0.39, 0.29) is 17.8 Å². The van der Waals surface area contributed by atoms with E-state index >= 15 is 0 Å². The van der Waals surface area contributed by atoms with E-state index in [1.807, 2.05) is 0 Å². The van der Waals surface area contributed by atoms with Gasteiger partial charge in [0.15, 0.2) is 5.82 Å². The molecule has 1 saturated heterocycles. The van der Waals surface area contributed by atoms with Gasteiger partial charge in [-0.05, 0) is 34.7 Å². The minimum Gasteiger partial charge on any atom is -0.417 e. The van der Waals surface area contributed by atoms with Crippen molar-refractivity contribution >= 4 is 19.6 Å². The SMILES string of the molecule is COP(=O)(O)O[C@@H]1CN(c2ccc(-c3ccc(-c4nnnn4C)nc3)c(F)c2)C(=O)O1. The Morgan fingerprint density at radius 2 is 2.13 bits per heavy atom. The van der Waals surface area contributed by atoms with Crippen molar-refractivity contribution in [2.45, 2.75) is 6.29 Å². The van der Waals surface area contributed by atoms with E-state index in [9.17, 15) is 18.6 Å². The highest BCUT2D eigenvalue weighted by atomic mass is 31.2. The second kappa shape index (κ2) is 8.12. The summed E-state index contributed by atoms with van der Waals surface area (Å²) >= 11 is 0. The molecule has 3 heterocycles. The molecule has 1 aliphatic heterocycles. The molecule has 1 amide bonds. The number of rotatable bonds is 6. The van der Waals surface area contributed by atoms with Gasteiger partial charge in [0, 0.05) is 31.5 Å². The molecule has 0 saturated carbocycles. The van der Waals surface area contributed by atoms with Crippen molar-refractivity contribution in [3.05, 3.63) is 42.3 Å². The molecule has 162 valence electrons. The number of halogens is 1. The molecule has 2 aromatic heterocycles. The van der Waals surface area contributed by atoms with Crippen LogP contribution >= 0.6 is 7.82 Å². The number of benzene rings is 1. The van der Waals surface area contributed by atoms with Gasteiger partial charge in [0.1, 0.15) is 11.5 Å². The maximum Gasteiger partial charge on any atom is 0.475 e. The quantitative estimate of drug-likeness (QED) is 0.555. The monoisotopic (exact) mass is 450 g/mol. The summed E-state index contributed by atoms with van der Waals surface area (Å²) < 4.78 is 41.7. The number of carbonyl (C=O) groups is 1. The zero-order valence-corrected chi connectivity index (χ0v) is 17.1. The molecule has 1 aromatic carbocycles. The Balaban J connectivity index is 1.53. The molecule has 1 N–H and O–H groups in total. The van der Waals surface area contributed by atoms with Crippen LogP contribution in [0, 0.1) is 5.82 Å². The number of anilines is 1. The molecule has 14 heteroatoms. The summed E-state index contributed by atoms with van der Waals surface area (Å²) in [5.41, 5.74) is 1.49. The average molecular weight is 450 g/mol. The topological polar surface area (TPSA) is 142 Å². The van der Waals surface area contributed by atoms with Crippen molar-refractivity contribution in [2.75, 3.05) is 18.6 Å². The molecule has 0 spiro atoms. The second-order valence-electron chi connectivity index (χ2n) is 6.40. The predicted molar refractivity (Wildman–Crippen MR) is 103 cm³/mol. The van der Waals surface area contributed by atoms with Crippen LogP contribution in [0.2, 0.25) is 0 Å². The van der Waals surface area contributed by atoms with Gasteiger partial charge in [-0.25, -0.2) is 23.0 Å². The lowest BCUT2D eigenvalue weighted by Gasteiger charge is -2.15. The van der Waals surface area contributed by atoms with E-state index in [1.165, 1.54) is 23.0 Å². The van der Waals surface area contributed by atoms with Crippen molar-refractivity contribution < 1.29 is 32.4 Å². The van der Waals surface area contributed by atoms with E-state index in [2.05, 4.69) is 25.0 Å². The first-order valence-electron chi connectivity index (χ1n) is 8.81.